The lowest BCUT2D eigenvalue weighted by Crippen LogP contribution is -1.84. The molecule has 3 heteroatoms. The Bertz CT molecular complexity index is 392. The van der Waals surface area contributed by atoms with Gasteiger partial charge in [-0.25, -0.2) is 4.98 Å². The number of hydrogen-bond donors (Lipinski definition) is 0. The lowest BCUT2D eigenvalue weighted by atomic mass is 10.3. The minimum Gasteiger partial charge on any atom is -0.289 e. The summed E-state index contributed by atoms with van der Waals surface area (Å²) in [6, 6.07) is 3.95. The highest BCUT2D eigenvalue weighted by molar-refractivity contribution is 6.29. The third kappa shape index (κ3) is 0.994. The number of halogens is 1. The van der Waals surface area contributed by atoms with Crippen molar-refractivity contribution in [2.75, 3.05) is 0 Å². The second kappa shape index (κ2) is 2.24. The van der Waals surface area contributed by atoms with Gasteiger partial charge in [0.15, 0.2) is 0 Å². The monoisotopic (exact) mass is 166 g/mol. The summed E-state index contributed by atoms with van der Waals surface area (Å²) in [6.07, 6.45) is 3.50. The first kappa shape index (κ1) is 6.68. The number of imidazole rings is 1. The average Bonchev–Trinajstić information content (AvgIpc) is 2.34. The molecule has 0 saturated carbocycles. The lowest BCUT2D eigenvalue weighted by molar-refractivity contribution is 1.15. The van der Waals surface area contributed by atoms with E-state index in [1.54, 1.807) is 12.5 Å². The Hall–Kier alpha value is -1.02. The molecule has 0 aliphatic heterocycles. The second-order valence-electron chi connectivity index (χ2n) is 2.54. The van der Waals surface area contributed by atoms with E-state index < -0.39 is 0 Å². The molecule has 0 aromatic carbocycles. The molecule has 0 aliphatic carbocycles. The minimum atomic E-state index is 0.706. The van der Waals surface area contributed by atoms with Crippen molar-refractivity contribution in [1.29, 1.82) is 0 Å². The third-order valence-corrected chi connectivity index (χ3v) is 1.91. The van der Waals surface area contributed by atoms with E-state index in [4.69, 9.17) is 11.6 Å². The van der Waals surface area contributed by atoms with Crippen molar-refractivity contribution in [3.05, 3.63) is 35.4 Å². The molecule has 0 amide bonds. The highest BCUT2D eigenvalue weighted by atomic mass is 35.5. The topological polar surface area (TPSA) is 17.3 Å². The van der Waals surface area contributed by atoms with Gasteiger partial charge in [0.05, 0.1) is 11.7 Å². The van der Waals surface area contributed by atoms with Crippen LogP contribution in [0.4, 0.5) is 0 Å². The molecule has 0 fully saturated rings. The molecule has 0 unspecified atom stereocenters. The van der Waals surface area contributed by atoms with Crippen LogP contribution in [0.15, 0.2) is 24.7 Å². The van der Waals surface area contributed by atoms with Gasteiger partial charge in [0, 0.05) is 0 Å². The first-order valence-corrected chi connectivity index (χ1v) is 3.73. The Labute approximate surface area is 69.4 Å². The van der Waals surface area contributed by atoms with Crippen molar-refractivity contribution >= 4 is 17.1 Å². The largest absolute Gasteiger partial charge is 0.289 e. The summed E-state index contributed by atoms with van der Waals surface area (Å²) in [5, 5.41) is 0.706. The predicted molar refractivity (Wildman–Crippen MR) is 44.9 cm³/mol. The summed E-state index contributed by atoms with van der Waals surface area (Å²) in [5.74, 6) is 0. The van der Waals surface area contributed by atoms with Gasteiger partial charge in [-0.3, -0.25) is 4.40 Å². The summed E-state index contributed by atoms with van der Waals surface area (Å²) >= 11 is 5.93. The normalized spacial score (nSPS) is 10.7. The first-order chi connectivity index (χ1) is 5.27. The Morgan fingerprint density at radius 1 is 1.45 bits per heavy atom. The van der Waals surface area contributed by atoms with Gasteiger partial charge in [-0.05, 0) is 24.6 Å². The van der Waals surface area contributed by atoms with Crippen LogP contribution in [-0.2, 0) is 0 Å². The zero-order valence-corrected chi connectivity index (χ0v) is 6.84. The highest BCUT2D eigenvalue weighted by Gasteiger charge is 1.97. The molecule has 56 valence electrons. The molecule has 2 aromatic heterocycles. The SMILES string of the molecule is Cc1cc(Cl)n2cncc2c1. The summed E-state index contributed by atoms with van der Waals surface area (Å²) in [6.45, 7) is 2.01. The second-order valence-corrected chi connectivity index (χ2v) is 2.93. The van der Waals surface area contributed by atoms with Crippen LogP contribution in [0.2, 0.25) is 5.15 Å². The van der Waals surface area contributed by atoms with Crippen LogP contribution in [0.25, 0.3) is 5.52 Å². The molecule has 2 nitrogen and oxygen atoms in total. The molecule has 0 N–H and O–H groups in total. The van der Waals surface area contributed by atoms with Gasteiger partial charge in [-0.1, -0.05) is 11.6 Å². The molecular formula is C8H7ClN2. The fourth-order valence-corrected chi connectivity index (χ4v) is 1.44. The van der Waals surface area contributed by atoms with Crippen LogP contribution in [0.3, 0.4) is 0 Å². The van der Waals surface area contributed by atoms with Crippen molar-refractivity contribution in [2.45, 2.75) is 6.92 Å². The molecular weight excluding hydrogens is 160 g/mol. The Kier molecular flexibility index (Phi) is 1.36. The maximum Gasteiger partial charge on any atom is 0.114 e. The van der Waals surface area contributed by atoms with E-state index in [2.05, 4.69) is 4.98 Å². The fraction of sp³-hybridized carbons (Fsp3) is 0.125. The number of rotatable bonds is 0. The minimum absolute atomic E-state index is 0.706. The highest BCUT2D eigenvalue weighted by Crippen LogP contribution is 2.14. The van der Waals surface area contributed by atoms with Gasteiger partial charge in [0.25, 0.3) is 0 Å². The van der Waals surface area contributed by atoms with Gasteiger partial charge in [-0.15, -0.1) is 0 Å². The van der Waals surface area contributed by atoms with Gasteiger partial charge >= 0.3 is 0 Å². The Morgan fingerprint density at radius 2 is 2.27 bits per heavy atom. The lowest BCUT2D eigenvalue weighted by Gasteiger charge is -1.98. The predicted octanol–water partition coefficient (Wildman–Crippen LogP) is 2.30. The Morgan fingerprint density at radius 3 is 3.09 bits per heavy atom. The van der Waals surface area contributed by atoms with Gasteiger partial charge in [0.1, 0.15) is 11.5 Å². The Balaban J connectivity index is 2.91. The molecule has 11 heavy (non-hydrogen) atoms. The van der Waals surface area contributed by atoms with Crippen molar-refractivity contribution in [2.24, 2.45) is 0 Å². The van der Waals surface area contributed by atoms with Crippen molar-refractivity contribution in [3.63, 3.8) is 0 Å². The molecule has 0 atom stereocenters. The maximum atomic E-state index is 5.93. The number of aromatic nitrogens is 2. The first-order valence-electron chi connectivity index (χ1n) is 3.35. The zero-order chi connectivity index (χ0) is 7.84. The molecule has 2 aromatic rings. The standard InChI is InChI=1S/C8H7ClN2/c1-6-2-7-4-10-5-11(7)8(9)3-6/h2-5H,1H3. The summed E-state index contributed by atoms with van der Waals surface area (Å²) in [5.41, 5.74) is 2.19. The maximum absolute atomic E-state index is 5.93. The average molecular weight is 167 g/mol. The van der Waals surface area contributed by atoms with Crippen LogP contribution < -0.4 is 0 Å². The molecule has 0 aliphatic rings. The van der Waals surface area contributed by atoms with E-state index in [-0.39, 0.29) is 0 Å². The molecule has 2 heterocycles. The van der Waals surface area contributed by atoms with Crippen LogP contribution >= 0.6 is 11.6 Å². The zero-order valence-electron chi connectivity index (χ0n) is 6.08. The van der Waals surface area contributed by atoms with Crippen molar-refractivity contribution in [1.82, 2.24) is 9.38 Å². The van der Waals surface area contributed by atoms with E-state index in [1.165, 1.54) is 0 Å². The van der Waals surface area contributed by atoms with Gasteiger partial charge < -0.3 is 0 Å². The van der Waals surface area contributed by atoms with E-state index in [9.17, 15) is 0 Å². The number of nitrogens with zero attached hydrogens (tertiary/aromatic N) is 2. The number of fused-ring (bicyclic) bond motifs is 1. The van der Waals surface area contributed by atoms with E-state index >= 15 is 0 Å². The third-order valence-electron chi connectivity index (χ3n) is 1.62. The van der Waals surface area contributed by atoms with Crippen molar-refractivity contribution < 1.29 is 0 Å². The number of aryl methyl sites for hydroxylation is 1. The smallest absolute Gasteiger partial charge is 0.114 e. The van der Waals surface area contributed by atoms with E-state index in [0.29, 0.717) is 5.15 Å². The summed E-state index contributed by atoms with van der Waals surface area (Å²) in [4.78, 5) is 3.98. The van der Waals surface area contributed by atoms with Crippen LogP contribution in [-0.4, -0.2) is 9.38 Å². The van der Waals surface area contributed by atoms with Crippen LogP contribution in [0, 0.1) is 6.92 Å². The number of pyridine rings is 1. The van der Waals surface area contributed by atoms with Gasteiger partial charge in [-0.2, -0.15) is 0 Å². The quantitative estimate of drug-likeness (QED) is 0.549. The van der Waals surface area contributed by atoms with Crippen LogP contribution in [0.1, 0.15) is 5.56 Å². The molecule has 2 rings (SSSR count). The van der Waals surface area contributed by atoms with Crippen LogP contribution in [0.5, 0.6) is 0 Å². The molecule has 0 spiro atoms. The number of hydrogen-bond acceptors (Lipinski definition) is 1. The molecule has 0 radical (unpaired) electrons. The molecule has 0 bridgehead atoms. The van der Waals surface area contributed by atoms with Crippen molar-refractivity contribution in [3.8, 4) is 0 Å². The van der Waals surface area contributed by atoms with E-state index in [0.717, 1.165) is 11.1 Å². The fourth-order valence-electron chi connectivity index (χ4n) is 1.12. The molecule has 0 saturated heterocycles. The summed E-state index contributed by atoms with van der Waals surface area (Å²) in [7, 11) is 0. The van der Waals surface area contributed by atoms with E-state index in [1.807, 2.05) is 23.5 Å². The summed E-state index contributed by atoms with van der Waals surface area (Å²) < 4.78 is 1.84. The van der Waals surface area contributed by atoms with Gasteiger partial charge in [0.2, 0.25) is 0 Å².